The second-order valence-electron chi connectivity index (χ2n) is 5.00. The van der Waals surface area contributed by atoms with E-state index >= 15 is 0 Å². The summed E-state index contributed by atoms with van der Waals surface area (Å²) in [5, 5.41) is 4.31. The zero-order valence-electron chi connectivity index (χ0n) is 10.1. The molecule has 2 unspecified atom stereocenters. The second-order valence-corrected chi connectivity index (χ2v) is 5.00. The lowest BCUT2D eigenvalue weighted by Gasteiger charge is -2.27. The van der Waals surface area contributed by atoms with E-state index in [1.54, 1.807) is 4.68 Å². The monoisotopic (exact) mass is 223 g/mol. The Hall–Kier alpha value is -0.870. The summed E-state index contributed by atoms with van der Waals surface area (Å²) < 4.78 is 7.81. The summed E-state index contributed by atoms with van der Waals surface area (Å²) in [7, 11) is 1.92. The van der Waals surface area contributed by atoms with Crippen LogP contribution in [0.3, 0.4) is 0 Å². The predicted octanol–water partition coefficient (Wildman–Crippen LogP) is 1.45. The second kappa shape index (κ2) is 4.55. The molecule has 0 saturated heterocycles. The molecule has 1 heterocycles. The molecular weight excluding hydrogens is 202 g/mol. The summed E-state index contributed by atoms with van der Waals surface area (Å²) >= 11 is 0. The first-order valence-corrected chi connectivity index (χ1v) is 5.96. The fraction of sp³-hybridized carbons (Fsp3) is 0.750. The lowest BCUT2D eigenvalue weighted by Crippen LogP contribution is -2.38. The van der Waals surface area contributed by atoms with Crippen molar-refractivity contribution in [3.63, 3.8) is 0 Å². The maximum Gasteiger partial charge on any atom is 0.0914 e. The van der Waals surface area contributed by atoms with Gasteiger partial charge in [-0.05, 0) is 31.2 Å². The summed E-state index contributed by atoms with van der Waals surface area (Å²) in [5.41, 5.74) is 6.73. The smallest absolute Gasteiger partial charge is 0.0914 e. The van der Waals surface area contributed by atoms with Crippen LogP contribution in [-0.4, -0.2) is 21.9 Å². The molecule has 4 nitrogen and oxygen atoms in total. The molecule has 1 aliphatic carbocycles. The van der Waals surface area contributed by atoms with Gasteiger partial charge >= 0.3 is 0 Å². The molecule has 0 aliphatic heterocycles. The van der Waals surface area contributed by atoms with Crippen molar-refractivity contribution < 1.29 is 4.74 Å². The maximum atomic E-state index is 6.01. The van der Waals surface area contributed by atoms with Crippen molar-refractivity contribution in [1.82, 2.24) is 9.78 Å². The highest BCUT2D eigenvalue weighted by molar-refractivity contribution is 4.98. The normalized spacial score (nSPS) is 29.8. The Morgan fingerprint density at radius 2 is 2.50 bits per heavy atom. The summed E-state index contributed by atoms with van der Waals surface area (Å²) in [5.74, 6) is 0.729. The molecule has 16 heavy (non-hydrogen) atoms. The van der Waals surface area contributed by atoms with E-state index in [1.165, 1.54) is 6.42 Å². The van der Waals surface area contributed by atoms with Crippen molar-refractivity contribution in [2.75, 3.05) is 6.54 Å². The van der Waals surface area contributed by atoms with Crippen molar-refractivity contribution in [1.29, 1.82) is 0 Å². The van der Waals surface area contributed by atoms with Gasteiger partial charge in [-0.3, -0.25) is 4.68 Å². The van der Waals surface area contributed by atoms with E-state index in [4.69, 9.17) is 10.5 Å². The average Bonchev–Trinajstić information content (AvgIpc) is 2.83. The van der Waals surface area contributed by atoms with Crippen LogP contribution in [0.5, 0.6) is 0 Å². The summed E-state index contributed by atoms with van der Waals surface area (Å²) in [4.78, 5) is 0. The van der Waals surface area contributed by atoms with Gasteiger partial charge in [0.25, 0.3) is 0 Å². The number of nitrogens with zero attached hydrogens (tertiary/aromatic N) is 2. The topological polar surface area (TPSA) is 53.1 Å². The minimum absolute atomic E-state index is 0.100. The molecule has 0 radical (unpaired) electrons. The average molecular weight is 223 g/mol. The van der Waals surface area contributed by atoms with Crippen molar-refractivity contribution in [3.05, 3.63) is 18.0 Å². The SMILES string of the molecule is CC1CCC(CN)(OCc2ccn(C)n2)C1. The van der Waals surface area contributed by atoms with Gasteiger partial charge < -0.3 is 10.5 Å². The van der Waals surface area contributed by atoms with E-state index in [2.05, 4.69) is 12.0 Å². The molecule has 0 amide bonds. The minimum Gasteiger partial charge on any atom is -0.367 e. The Labute approximate surface area is 96.8 Å². The van der Waals surface area contributed by atoms with E-state index in [0.717, 1.165) is 24.5 Å². The Morgan fingerprint density at radius 3 is 3.00 bits per heavy atom. The fourth-order valence-electron chi connectivity index (χ4n) is 2.49. The molecule has 1 aromatic rings. The molecule has 0 bridgehead atoms. The Balaban J connectivity index is 1.93. The van der Waals surface area contributed by atoms with Gasteiger partial charge in [0, 0.05) is 19.8 Å². The molecule has 2 atom stereocenters. The van der Waals surface area contributed by atoms with Crippen LogP contribution >= 0.6 is 0 Å². The van der Waals surface area contributed by atoms with E-state index in [9.17, 15) is 0 Å². The zero-order valence-corrected chi connectivity index (χ0v) is 10.1. The van der Waals surface area contributed by atoms with Crippen LogP contribution in [0.15, 0.2) is 12.3 Å². The van der Waals surface area contributed by atoms with Crippen molar-refractivity contribution >= 4 is 0 Å². The molecule has 1 aromatic heterocycles. The molecule has 90 valence electrons. The van der Waals surface area contributed by atoms with Crippen molar-refractivity contribution in [3.8, 4) is 0 Å². The lowest BCUT2D eigenvalue weighted by molar-refractivity contribution is -0.0485. The Kier molecular flexibility index (Phi) is 3.30. The number of nitrogens with two attached hydrogens (primary N) is 1. The maximum absolute atomic E-state index is 6.01. The molecule has 2 rings (SSSR count). The third kappa shape index (κ3) is 2.44. The van der Waals surface area contributed by atoms with Gasteiger partial charge in [-0.1, -0.05) is 6.92 Å². The summed E-state index contributed by atoms with van der Waals surface area (Å²) in [6, 6.07) is 1.99. The third-order valence-corrected chi connectivity index (χ3v) is 3.48. The quantitative estimate of drug-likeness (QED) is 0.840. The van der Waals surface area contributed by atoms with Crippen molar-refractivity contribution in [2.24, 2.45) is 18.7 Å². The number of aryl methyl sites for hydroxylation is 1. The fourth-order valence-corrected chi connectivity index (χ4v) is 2.49. The van der Waals surface area contributed by atoms with Crippen LogP contribution < -0.4 is 5.73 Å². The van der Waals surface area contributed by atoms with E-state index < -0.39 is 0 Å². The lowest BCUT2D eigenvalue weighted by atomic mass is 10.0. The van der Waals surface area contributed by atoms with Crippen LogP contribution in [0.2, 0.25) is 0 Å². The van der Waals surface area contributed by atoms with Crippen LogP contribution in [0.4, 0.5) is 0 Å². The third-order valence-electron chi connectivity index (χ3n) is 3.48. The van der Waals surface area contributed by atoms with Crippen molar-refractivity contribution in [2.45, 2.75) is 38.4 Å². The number of rotatable bonds is 4. The van der Waals surface area contributed by atoms with Gasteiger partial charge in [-0.2, -0.15) is 5.10 Å². The van der Waals surface area contributed by atoms with Gasteiger partial charge in [0.05, 0.1) is 17.9 Å². The summed E-state index contributed by atoms with van der Waals surface area (Å²) in [6.07, 6.45) is 5.32. The molecule has 0 spiro atoms. The molecule has 4 heteroatoms. The number of aromatic nitrogens is 2. The van der Waals surface area contributed by atoms with E-state index in [-0.39, 0.29) is 5.60 Å². The first-order chi connectivity index (χ1) is 7.63. The summed E-state index contributed by atoms with van der Waals surface area (Å²) in [6.45, 7) is 3.45. The molecule has 1 aliphatic rings. The predicted molar refractivity (Wildman–Crippen MR) is 62.8 cm³/mol. The highest BCUT2D eigenvalue weighted by atomic mass is 16.5. The molecule has 1 fully saturated rings. The minimum atomic E-state index is -0.100. The van der Waals surface area contributed by atoms with Crippen LogP contribution in [-0.2, 0) is 18.4 Å². The number of ether oxygens (including phenoxy) is 1. The zero-order chi connectivity index (χ0) is 11.6. The first kappa shape index (κ1) is 11.6. The van der Waals surface area contributed by atoms with E-state index in [1.807, 2.05) is 19.3 Å². The van der Waals surface area contributed by atoms with Gasteiger partial charge in [-0.25, -0.2) is 0 Å². The van der Waals surface area contributed by atoms with Gasteiger partial charge in [0.1, 0.15) is 0 Å². The Morgan fingerprint density at radius 1 is 1.69 bits per heavy atom. The molecular formula is C12H21N3O. The first-order valence-electron chi connectivity index (χ1n) is 5.96. The van der Waals surface area contributed by atoms with Gasteiger partial charge in [0.2, 0.25) is 0 Å². The van der Waals surface area contributed by atoms with Gasteiger partial charge in [0.15, 0.2) is 0 Å². The highest BCUT2D eigenvalue weighted by Crippen LogP contribution is 2.36. The van der Waals surface area contributed by atoms with Crippen LogP contribution in [0, 0.1) is 5.92 Å². The Bertz CT molecular complexity index is 350. The molecule has 2 N–H and O–H groups in total. The number of hydrogen-bond acceptors (Lipinski definition) is 3. The van der Waals surface area contributed by atoms with Crippen LogP contribution in [0.25, 0.3) is 0 Å². The molecule has 0 aromatic carbocycles. The standard InChI is InChI=1S/C12H21N3O/c1-10-3-5-12(7-10,9-13)16-8-11-4-6-15(2)14-11/h4,6,10H,3,5,7-9,13H2,1-2H3. The molecule has 1 saturated carbocycles. The number of hydrogen-bond donors (Lipinski definition) is 1. The van der Waals surface area contributed by atoms with Crippen LogP contribution in [0.1, 0.15) is 31.9 Å². The van der Waals surface area contributed by atoms with E-state index in [0.29, 0.717) is 13.2 Å². The van der Waals surface area contributed by atoms with Gasteiger partial charge in [-0.15, -0.1) is 0 Å². The largest absolute Gasteiger partial charge is 0.367 e. The highest BCUT2D eigenvalue weighted by Gasteiger charge is 2.37.